The van der Waals surface area contributed by atoms with Crippen LogP contribution in [0.2, 0.25) is 0 Å². The van der Waals surface area contributed by atoms with Crippen LogP contribution in [0.25, 0.3) is 0 Å². The van der Waals surface area contributed by atoms with Gasteiger partial charge in [0.15, 0.2) is 5.82 Å². The molecular weight excluding hydrogens is 249 g/mol. The molecule has 2 rings (SSSR count). The number of nitrogens with zero attached hydrogens (tertiary/aromatic N) is 2. The van der Waals surface area contributed by atoms with E-state index >= 15 is 0 Å². The molecule has 6 heteroatoms. The molecule has 1 aromatic carbocycles. The highest BCUT2D eigenvalue weighted by Crippen LogP contribution is 2.28. The fraction of sp³-hybridized carbons (Fsp3) is 0.538. The van der Waals surface area contributed by atoms with E-state index in [1.807, 2.05) is 11.8 Å². The molecule has 2 N–H and O–H groups in total. The van der Waals surface area contributed by atoms with Gasteiger partial charge in [-0.1, -0.05) is 0 Å². The summed E-state index contributed by atoms with van der Waals surface area (Å²) >= 11 is 0. The van der Waals surface area contributed by atoms with Crippen LogP contribution in [-0.4, -0.2) is 24.1 Å². The normalized spacial score (nSPS) is 18.4. The first kappa shape index (κ1) is 13.7. The number of hydrogen-bond donors (Lipinski definition) is 1. The predicted molar refractivity (Wildman–Crippen MR) is 71.6 cm³/mol. The van der Waals surface area contributed by atoms with Gasteiger partial charge in [0, 0.05) is 25.2 Å². The second-order valence-corrected chi connectivity index (χ2v) is 5.08. The van der Waals surface area contributed by atoms with Crippen molar-refractivity contribution >= 4 is 11.4 Å². The van der Waals surface area contributed by atoms with Gasteiger partial charge < -0.3 is 10.6 Å². The number of nitro groups is 1. The maximum Gasteiger partial charge on any atom is 0.272 e. The largest absolute Gasteiger partial charge is 0.369 e. The maximum atomic E-state index is 13.9. The van der Waals surface area contributed by atoms with Gasteiger partial charge in [-0.3, -0.25) is 10.1 Å². The highest BCUT2D eigenvalue weighted by Gasteiger charge is 2.24. The Morgan fingerprint density at radius 1 is 1.47 bits per heavy atom. The van der Waals surface area contributed by atoms with Crippen molar-refractivity contribution in [2.24, 2.45) is 11.7 Å². The molecule has 0 aromatic heterocycles. The van der Waals surface area contributed by atoms with Gasteiger partial charge in [-0.25, -0.2) is 4.39 Å². The molecule has 0 bridgehead atoms. The molecule has 1 saturated heterocycles. The van der Waals surface area contributed by atoms with E-state index < -0.39 is 10.7 Å². The van der Waals surface area contributed by atoms with E-state index in [-0.39, 0.29) is 11.7 Å². The first-order chi connectivity index (χ1) is 8.99. The van der Waals surface area contributed by atoms with Crippen LogP contribution in [-0.2, 0) is 0 Å². The van der Waals surface area contributed by atoms with E-state index in [1.54, 1.807) is 0 Å². The minimum Gasteiger partial charge on any atom is -0.369 e. The summed E-state index contributed by atoms with van der Waals surface area (Å²) < 4.78 is 13.9. The summed E-state index contributed by atoms with van der Waals surface area (Å²) in [4.78, 5) is 11.9. The van der Waals surface area contributed by atoms with Gasteiger partial charge in [0.25, 0.3) is 5.69 Å². The molecule has 0 aliphatic carbocycles. The first-order valence-electron chi connectivity index (χ1n) is 6.43. The van der Waals surface area contributed by atoms with Crippen molar-refractivity contribution in [3.63, 3.8) is 0 Å². The Kier molecular flexibility index (Phi) is 3.99. The van der Waals surface area contributed by atoms with Gasteiger partial charge in [0.2, 0.25) is 0 Å². The molecule has 5 nitrogen and oxygen atoms in total. The lowest BCUT2D eigenvalue weighted by Gasteiger charge is -2.35. The van der Waals surface area contributed by atoms with Crippen LogP contribution >= 0.6 is 0 Å². The van der Waals surface area contributed by atoms with Crippen LogP contribution in [0.3, 0.4) is 0 Å². The van der Waals surface area contributed by atoms with Crippen molar-refractivity contribution in [2.45, 2.75) is 25.8 Å². The third kappa shape index (κ3) is 3.01. The van der Waals surface area contributed by atoms with Crippen LogP contribution in [0.1, 0.15) is 19.8 Å². The second-order valence-electron chi connectivity index (χ2n) is 5.08. The SMILES string of the molecule is CC(N)C1CCN(c2ccc([N+](=O)[O-])cc2F)CC1. The topological polar surface area (TPSA) is 72.4 Å². The van der Waals surface area contributed by atoms with E-state index in [0.29, 0.717) is 11.6 Å². The van der Waals surface area contributed by atoms with Crippen molar-refractivity contribution in [2.75, 3.05) is 18.0 Å². The fourth-order valence-electron chi connectivity index (χ4n) is 2.53. The number of anilines is 1. The standard InChI is InChI=1S/C13H18FN3O2/c1-9(15)10-4-6-16(7-5-10)13-3-2-11(17(18)19)8-12(13)14/h2-3,8-10H,4-7,15H2,1H3. The van der Waals surface area contributed by atoms with Crippen molar-refractivity contribution in [1.29, 1.82) is 0 Å². The van der Waals surface area contributed by atoms with Crippen molar-refractivity contribution in [3.8, 4) is 0 Å². The minimum atomic E-state index is -0.588. The van der Waals surface area contributed by atoms with Crippen molar-refractivity contribution in [1.82, 2.24) is 0 Å². The monoisotopic (exact) mass is 267 g/mol. The van der Waals surface area contributed by atoms with Crippen molar-refractivity contribution in [3.05, 3.63) is 34.1 Å². The van der Waals surface area contributed by atoms with Crippen molar-refractivity contribution < 1.29 is 9.31 Å². The summed E-state index contributed by atoms with van der Waals surface area (Å²) in [6.45, 7) is 3.47. The molecule has 0 radical (unpaired) electrons. The zero-order valence-corrected chi connectivity index (χ0v) is 10.9. The molecule has 1 fully saturated rings. The average molecular weight is 267 g/mol. The predicted octanol–water partition coefficient (Wildman–Crippen LogP) is 2.30. The van der Waals surface area contributed by atoms with E-state index in [4.69, 9.17) is 5.73 Å². The van der Waals surface area contributed by atoms with Crippen LogP contribution in [0.15, 0.2) is 18.2 Å². The number of nitrogens with two attached hydrogens (primary N) is 1. The van der Waals surface area contributed by atoms with Gasteiger partial charge in [0.1, 0.15) is 0 Å². The van der Waals surface area contributed by atoms with Gasteiger partial charge >= 0.3 is 0 Å². The summed E-state index contributed by atoms with van der Waals surface area (Å²) in [6.07, 6.45) is 1.85. The number of non-ortho nitro benzene ring substituents is 1. The molecule has 1 atom stereocenters. The third-order valence-electron chi connectivity index (χ3n) is 3.77. The quantitative estimate of drug-likeness (QED) is 0.673. The molecule has 0 amide bonds. The van der Waals surface area contributed by atoms with Gasteiger partial charge in [-0.2, -0.15) is 0 Å². The maximum absolute atomic E-state index is 13.9. The van der Waals surface area contributed by atoms with Gasteiger partial charge in [0.05, 0.1) is 16.7 Å². The van der Waals surface area contributed by atoms with E-state index in [0.717, 1.165) is 32.0 Å². The molecule has 1 aromatic rings. The summed E-state index contributed by atoms with van der Waals surface area (Å²) in [7, 11) is 0. The number of piperidine rings is 1. The Hall–Kier alpha value is -1.69. The number of nitro benzene ring substituents is 1. The fourth-order valence-corrected chi connectivity index (χ4v) is 2.53. The highest BCUT2D eigenvalue weighted by molar-refractivity contribution is 5.52. The highest BCUT2D eigenvalue weighted by atomic mass is 19.1. The minimum absolute atomic E-state index is 0.156. The first-order valence-corrected chi connectivity index (χ1v) is 6.43. The lowest BCUT2D eigenvalue weighted by atomic mass is 9.90. The second kappa shape index (κ2) is 5.52. The zero-order valence-electron chi connectivity index (χ0n) is 10.9. The number of halogens is 1. The summed E-state index contributed by atoms with van der Waals surface area (Å²) in [5, 5.41) is 10.6. The summed E-state index contributed by atoms with van der Waals surface area (Å²) in [5.41, 5.74) is 6.09. The molecule has 19 heavy (non-hydrogen) atoms. The molecule has 1 unspecified atom stereocenters. The summed E-state index contributed by atoms with van der Waals surface area (Å²) in [6, 6.07) is 3.96. The molecule has 104 valence electrons. The van der Waals surface area contributed by atoms with Crippen LogP contribution in [0, 0.1) is 21.8 Å². The summed E-state index contributed by atoms with van der Waals surface area (Å²) in [5.74, 6) is -0.0641. The lowest BCUT2D eigenvalue weighted by molar-refractivity contribution is -0.385. The third-order valence-corrected chi connectivity index (χ3v) is 3.77. The Bertz CT molecular complexity index is 471. The Morgan fingerprint density at radius 2 is 2.11 bits per heavy atom. The van der Waals surface area contributed by atoms with Gasteiger partial charge in [-0.15, -0.1) is 0 Å². The molecule has 1 aliphatic heterocycles. The number of rotatable bonds is 3. The van der Waals surface area contributed by atoms with Crippen LogP contribution < -0.4 is 10.6 Å². The molecule has 0 saturated carbocycles. The Balaban J connectivity index is 2.09. The van der Waals surface area contributed by atoms with E-state index in [9.17, 15) is 14.5 Å². The smallest absolute Gasteiger partial charge is 0.272 e. The van der Waals surface area contributed by atoms with Gasteiger partial charge in [-0.05, 0) is 31.7 Å². The van der Waals surface area contributed by atoms with Crippen LogP contribution in [0.5, 0.6) is 0 Å². The van der Waals surface area contributed by atoms with E-state index in [2.05, 4.69) is 0 Å². The van der Waals surface area contributed by atoms with Crippen LogP contribution in [0.4, 0.5) is 15.8 Å². The van der Waals surface area contributed by atoms with E-state index in [1.165, 1.54) is 12.1 Å². The molecule has 1 aliphatic rings. The lowest BCUT2D eigenvalue weighted by Crippen LogP contribution is -2.40. The zero-order chi connectivity index (χ0) is 14.0. The molecule has 1 heterocycles. The molecular formula is C13H18FN3O2. The average Bonchev–Trinajstić information content (AvgIpc) is 2.38. The Morgan fingerprint density at radius 3 is 2.58 bits per heavy atom. The molecule has 0 spiro atoms. The Labute approximate surface area is 111 Å². The number of benzene rings is 1. The number of hydrogen-bond acceptors (Lipinski definition) is 4.